The molecule has 1 fully saturated rings. The van der Waals surface area contributed by atoms with Crippen molar-refractivity contribution in [1.29, 1.82) is 0 Å². The van der Waals surface area contributed by atoms with Crippen LogP contribution in [0, 0.1) is 0 Å². The maximum absolute atomic E-state index is 13.2. The van der Waals surface area contributed by atoms with Crippen molar-refractivity contribution in [1.82, 2.24) is 9.88 Å². The van der Waals surface area contributed by atoms with Gasteiger partial charge in [0.25, 0.3) is 5.91 Å². The Bertz CT molecular complexity index is 998. The van der Waals surface area contributed by atoms with E-state index in [0.717, 1.165) is 23.9 Å². The first kappa shape index (κ1) is 17.3. The van der Waals surface area contributed by atoms with E-state index in [4.69, 9.17) is 9.94 Å². The molecule has 0 radical (unpaired) electrons. The van der Waals surface area contributed by atoms with Gasteiger partial charge in [0.15, 0.2) is 5.71 Å². The second-order valence-corrected chi connectivity index (χ2v) is 8.10. The number of para-hydroxylation sites is 1. The van der Waals surface area contributed by atoms with Gasteiger partial charge in [-0.15, -0.1) is 0 Å². The van der Waals surface area contributed by atoms with Gasteiger partial charge in [0, 0.05) is 43.4 Å². The zero-order valence-corrected chi connectivity index (χ0v) is 15.7. The van der Waals surface area contributed by atoms with Crippen molar-refractivity contribution < 1.29 is 19.5 Å². The van der Waals surface area contributed by atoms with Gasteiger partial charge in [0.2, 0.25) is 0 Å². The number of aliphatic carboxylic acids is 1. The van der Waals surface area contributed by atoms with Crippen LogP contribution in [0.3, 0.4) is 0 Å². The third-order valence-electron chi connectivity index (χ3n) is 6.41. The van der Waals surface area contributed by atoms with Crippen molar-refractivity contribution in [3.8, 4) is 0 Å². The van der Waals surface area contributed by atoms with Crippen LogP contribution in [0.15, 0.2) is 23.4 Å². The molecule has 3 aliphatic rings. The number of aromatic nitrogens is 1. The van der Waals surface area contributed by atoms with Crippen molar-refractivity contribution >= 4 is 28.5 Å². The van der Waals surface area contributed by atoms with Crippen LogP contribution in [-0.2, 0) is 22.5 Å². The number of rotatable bonds is 2. The van der Waals surface area contributed by atoms with Gasteiger partial charge < -0.3 is 19.8 Å². The zero-order valence-electron chi connectivity index (χ0n) is 15.7. The summed E-state index contributed by atoms with van der Waals surface area (Å²) in [4.78, 5) is 35.2. The number of carboxylic acid groups (broad SMARTS) is 1. The van der Waals surface area contributed by atoms with E-state index in [0.29, 0.717) is 32.4 Å². The minimum atomic E-state index is -1.03. The first-order valence-electron chi connectivity index (χ1n) is 9.96. The number of nitrogens with zero attached hydrogens (tertiary/aromatic N) is 2. The van der Waals surface area contributed by atoms with Gasteiger partial charge >= 0.3 is 5.97 Å². The van der Waals surface area contributed by atoms with E-state index in [1.807, 2.05) is 17.0 Å². The van der Waals surface area contributed by atoms with Crippen LogP contribution in [-0.4, -0.2) is 51.3 Å². The van der Waals surface area contributed by atoms with Crippen LogP contribution in [0.1, 0.15) is 53.7 Å². The fourth-order valence-corrected chi connectivity index (χ4v) is 4.80. The Kier molecular flexibility index (Phi) is 3.92. The maximum Gasteiger partial charge on any atom is 0.353 e. The third-order valence-corrected chi connectivity index (χ3v) is 6.41. The van der Waals surface area contributed by atoms with Gasteiger partial charge in [-0.2, -0.15) is 0 Å². The molecule has 1 aromatic carbocycles. The summed E-state index contributed by atoms with van der Waals surface area (Å²) < 4.78 is 0. The molecule has 3 heterocycles. The number of nitrogens with one attached hydrogen (secondary N) is 1. The fraction of sp³-hybridized carbons (Fsp3) is 0.476. The average Bonchev–Trinajstić information content (AvgIpc) is 3.30. The lowest BCUT2D eigenvalue weighted by Gasteiger charge is -2.37. The van der Waals surface area contributed by atoms with E-state index in [1.54, 1.807) is 0 Å². The smallest absolute Gasteiger partial charge is 0.353 e. The second kappa shape index (κ2) is 6.36. The number of amides is 1. The van der Waals surface area contributed by atoms with Crippen LogP contribution in [0.2, 0.25) is 0 Å². The largest absolute Gasteiger partial charge is 0.477 e. The minimum Gasteiger partial charge on any atom is -0.477 e. The number of carbonyl (C=O) groups excluding carboxylic acids is 1. The van der Waals surface area contributed by atoms with Gasteiger partial charge in [-0.3, -0.25) is 4.79 Å². The van der Waals surface area contributed by atoms with Crippen molar-refractivity contribution in [2.75, 3.05) is 13.1 Å². The number of benzene rings is 1. The molecule has 28 heavy (non-hydrogen) atoms. The van der Waals surface area contributed by atoms with Crippen molar-refractivity contribution in [3.05, 3.63) is 35.0 Å². The molecule has 1 saturated heterocycles. The van der Waals surface area contributed by atoms with E-state index >= 15 is 0 Å². The Morgan fingerprint density at radius 1 is 1.18 bits per heavy atom. The van der Waals surface area contributed by atoms with Crippen LogP contribution >= 0.6 is 0 Å². The van der Waals surface area contributed by atoms with E-state index in [1.165, 1.54) is 29.5 Å². The third kappa shape index (κ3) is 2.68. The Hall–Kier alpha value is -2.83. The zero-order chi connectivity index (χ0) is 19.3. The number of piperidine rings is 1. The first-order valence-corrected chi connectivity index (χ1v) is 9.96. The predicted molar refractivity (Wildman–Crippen MR) is 104 cm³/mol. The number of likely N-dealkylation sites (tertiary alicyclic amines) is 1. The first-order chi connectivity index (χ1) is 13.6. The number of aromatic amines is 1. The minimum absolute atomic E-state index is 0.0245. The monoisotopic (exact) mass is 381 g/mol. The molecule has 2 N–H and O–H groups in total. The van der Waals surface area contributed by atoms with E-state index in [2.05, 4.69) is 16.2 Å². The molecule has 5 rings (SSSR count). The lowest BCUT2D eigenvalue weighted by Crippen LogP contribution is -2.47. The standard InChI is InChI=1S/C21H23N3O4/c25-19(24-10-8-21(9-11-24)12-17(20(26)27)23-28-21)15-6-3-5-14-13-4-1-2-7-16(13)22-18(14)15/h3,5-6,22H,1-2,4,7-12H2,(H,26,27). The fourth-order valence-electron chi connectivity index (χ4n) is 4.80. The maximum atomic E-state index is 13.2. The van der Waals surface area contributed by atoms with Gasteiger partial charge in [-0.1, -0.05) is 17.3 Å². The number of hydrogen-bond acceptors (Lipinski definition) is 4. The summed E-state index contributed by atoms with van der Waals surface area (Å²) in [7, 11) is 0. The number of fused-ring (bicyclic) bond motifs is 3. The highest BCUT2D eigenvalue weighted by Crippen LogP contribution is 2.36. The van der Waals surface area contributed by atoms with E-state index in [9.17, 15) is 9.59 Å². The van der Waals surface area contributed by atoms with Gasteiger partial charge in [0.1, 0.15) is 5.60 Å². The molecule has 1 amide bonds. The highest BCUT2D eigenvalue weighted by atomic mass is 16.7. The molecule has 2 aliphatic heterocycles. The summed E-state index contributed by atoms with van der Waals surface area (Å²) >= 11 is 0. The highest BCUT2D eigenvalue weighted by Gasteiger charge is 2.44. The predicted octanol–water partition coefficient (Wildman–Crippen LogP) is 2.88. The molecule has 0 unspecified atom stereocenters. The van der Waals surface area contributed by atoms with Crippen molar-refractivity contribution in [2.24, 2.45) is 5.16 Å². The molecule has 1 aromatic heterocycles. The molecule has 0 bridgehead atoms. The summed E-state index contributed by atoms with van der Waals surface area (Å²) in [6.07, 6.45) is 6.01. The van der Waals surface area contributed by atoms with Crippen LogP contribution in [0.5, 0.6) is 0 Å². The number of carbonyl (C=O) groups is 2. The Morgan fingerprint density at radius 3 is 2.71 bits per heavy atom. The Labute approximate surface area is 162 Å². The summed E-state index contributed by atoms with van der Waals surface area (Å²) in [6.45, 7) is 1.08. The number of hydrogen-bond donors (Lipinski definition) is 2. The number of H-pyrrole nitrogens is 1. The molecule has 0 atom stereocenters. The van der Waals surface area contributed by atoms with Gasteiger partial charge in [0.05, 0.1) is 11.1 Å². The van der Waals surface area contributed by atoms with Crippen LogP contribution in [0.25, 0.3) is 10.9 Å². The Balaban J connectivity index is 1.36. The van der Waals surface area contributed by atoms with E-state index < -0.39 is 11.6 Å². The molecule has 0 saturated carbocycles. The lowest BCUT2D eigenvalue weighted by atomic mass is 9.86. The second-order valence-electron chi connectivity index (χ2n) is 8.10. The Morgan fingerprint density at radius 2 is 1.96 bits per heavy atom. The summed E-state index contributed by atoms with van der Waals surface area (Å²) in [5, 5.41) is 14.0. The SMILES string of the molecule is O=C(O)C1=NOC2(CCN(C(=O)c3cccc4c5c([nH]c34)CCCC5)CC2)C1. The number of aryl methyl sites for hydroxylation is 2. The molecule has 1 spiro atoms. The molecular weight excluding hydrogens is 358 g/mol. The normalized spacial score (nSPS) is 20.7. The molecule has 7 nitrogen and oxygen atoms in total. The van der Waals surface area contributed by atoms with Crippen molar-refractivity contribution in [2.45, 2.75) is 50.5 Å². The van der Waals surface area contributed by atoms with Crippen molar-refractivity contribution in [3.63, 3.8) is 0 Å². The summed E-state index contributed by atoms with van der Waals surface area (Å²) in [6, 6.07) is 5.97. The van der Waals surface area contributed by atoms with E-state index in [-0.39, 0.29) is 11.6 Å². The molecule has 1 aliphatic carbocycles. The molecule has 146 valence electrons. The number of oxime groups is 1. The topological polar surface area (TPSA) is 95.0 Å². The summed E-state index contributed by atoms with van der Waals surface area (Å²) in [5.74, 6) is -1.01. The molecule has 7 heteroatoms. The quantitative estimate of drug-likeness (QED) is 0.836. The molecular formula is C21H23N3O4. The average molecular weight is 381 g/mol. The molecule has 2 aromatic rings. The highest BCUT2D eigenvalue weighted by molar-refractivity contribution is 6.36. The van der Waals surface area contributed by atoms with Gasteiger partial charge in [-0.05, 0) is 37.3 Å². The lowest BCUT2D eigenvalue weighted by molar-refractivity contribution is -0.129. The number of carboxylic acids is 1. The van der Waals surface area contributed by atoms with Gasteiger partial charge in [-0.25, -0.2) is 4.79 Å². The van der Waals surface area contributed by atoms with Crippen LogP contribution in [0.4, 0.5) is 0 Å². The summed E-state index contributed by atoms with van der Waals surface area (Å²) in [5.41, 5.74) is 3.82. The van der Waals surface area contributed by atoms with Crippen LogP contribution < -0.4 is 0 Å².